The van der Waals surface area contributed by atoms with E-state index in [4.69, 9.17) is 37.1 Å². The number of ether oxygens (including phenoxy) is 3. The van der Waals surface area contributed by atoms with E-state index in [1.807, 2.05) is 44.2 Å². The molecule has 0 bridgehead atoms. The Morgan fingerprint density at radius 3 is 2.08 bits per heavy atom. The number of benzene rings is 2. The second-order valence-electron chi connectivity index (χ2n) is 4.58. The number of diazo groups is 1. The maximum absolute atomic E-state index is 9.07. The van der Waals surface area contributed by atoms with E-state index in [1.54, 1.807) is 12.1 Å². The molecule has 0 amide bonds. The van der Waals surface area contributed by atoms with Crippen molar-refractivity contribution in [2.24, 2.45) is 0 Å². The third-order valence-electron chi connectivity index (χ3n) is 2.70. The first-order valence-electron chi connectivity index (χ1n) is 7.48. The molecule has 0 spiro atoms. The summed E-state index contributed by atoms with van der Waals surface area (Å²) in [5.41, 5.74) is 0.306. The molecule has 9 nitrogen and oxygen atoms in total. The van der Waals surface area contributed by atoms with Crippen LogP contribution in [0.25, 0.3) is 4.98 Å². The predicted octanol–water partition coefficient (Wildman–Crippen LogP) is 3.77. The van der Waals surface area contributed by atoms with Crippen LogP contribution in [-0.2, 0) is 10.4 Å². The summed E-state index contributed by atoms with van der Waals surface area (Å²) in [5.74, 6) is 2.14. The van der Waals surface area contributed by atoms with Crippen LogP contribution < -0.4 is 14.2 Å². The fraction of sp³-hybridized carbons (Fsp3) is 0.250. The van der Waals surface area contributed by atoms with E-state index in [9.17, 15) is 0 Å². The second-order valence-corrected chi connectivity index (χ2v) is 5.43. The maximum Gasteiger partial charge on any atom is 0.430 e. The van der Waals surface area contributed by atoms with Crippen LogP contribution in [0, 0.1) is 5.39 Å². The average Bonchev–Trinajstić information content (AvgIpc) is 2.57. The van der Waals surface area contributed by atoms with Gasteiger partial charge in [0.15, 0.2) is 16.5 Å². The van der Waals surface area contributed by atoms with Crippen LogP contribution in [-0.4, -0.2) is 30.7 Å². The van der Waals surface area contributed by atoms with Gasteiger partial charge in [0.05, 0.1) is 19.3 Å². The number of hydrogen-bond donors (Lipinski definition) is 1. The van der Waals surface area contributed by atoms with Crippen LogP contribution in [0.2, 0.25) is 0 Å². The first kappa shape index (κ1) is 21.2. The highest BCUT2D eigenvalue weighted by molar-refractivity contribution is 7.79. The highest BCUT2D eigenvalue weighted by Crippen LogP contribution is 2.41. The minimum Gasteiger partial charge on any atom is -0.726 e. The van der Waals surface area contributed by atoms with Crippen molar-refractivity contribution in [1.29, 1.82) is 5.39 Å². The van der Waals surface area contributed by atoms with E-state index in [2.05, 4.69) is 4.98 Å². The molecule has 2 aromatic rings. The van der Waals surface area contributed by atoms with Crippen molar-refractivity contribution in [1.82, 2.24) is 0 Å². The first-order valence-corrected chi connectivity index (χ1v) is 8.84. The largest absolute Gasteiger partial charge is 0.726 e. The monoisotopic (exact) mass is 382 g/mol. The summed E-state index contributed by atoms with van der Waals surface area (Å²) in [7, 11) is -4.92. The van der Waals surface area contributed by atoms with E-state index >= 15 is 0 Å². The molecule has 0 fully saturated rings. The van der Waals surface area contributed by atoms with Crippen LogP contribution in [0.1, 0.15) is 13.8 Å². The highest BCUT2D eigenvalue weighted by atomic mass is 32.3. The zero-order chi connectivity index (χ0) is 19.6. The predicted molar refractivity (Wildman–Crippen MR) is 92.4 cm³/mol. The van der Waals surface area contributed by atoms with Crippen molar-refractivity contribution < 1.29 is 31.7 Å². The van der Waals surface area contributed by atoms with Gasteiger partial charge in [-0.25, -0.2) is 8.42 Å². The molecule has 0 heterocycles. The molecule has 0 unspecified atom stereocenters. The minimum absolute atomic E-state index is 0.306. The average molecular weight is 382 g/mol. The molecule has 1 N–H and O–H groups in total. The van der Waals surface area contributed by atoms with Gasteiger partial charge < -0.3 is 18.8 Å². The van der Waals surface area contributed by atoms with Crippen molar-refractivity contribution in [3.63, 3.8) is 0 Å². The third-order valence-corrected chi connectivity index (χ3v) is 2.70. The lowest BCUT2D eigenvalue weighted by Crippen LogP contribution is -1.97. The van der Waals surface area contributed by atoms with Crippen LogP contribution in [0.5, 0.6) is 23.0 Å². The van der Waals surface area contributed by atoms with Gasteiger partial charge in [0.2, 0.25) is 21.5 Å². The molecule has 0 aliphatic heterocycles. The van der Waals surface area contributed by atoms with Crippen molar-refractivity contribution in [3.05, 3.63) is 47.4 Å². The topological polar surface area (TPSA) is 133 Å². The van der Waals surface area contributed by atoms with E-state index in [-0.39, 0.29) is 0 Å². The molecule has 0 aliphatic rings. The Labute approximate surface area is 151 Å². The Hall–Kier alpha value is -2.87. The molecule has 140 valence electrons. The summed E-state index contributed by atoms with van der Waals surface area (Å²) in [6, 6.07) is 12.6. The van der Waals surface area contributed by atoms with Gasteiger partial charge in [-0.3, -0.25) is 4.55 Å². The summed E-state index contributed by atoms with van der Waals surface area (Å²) in [4.78, 5) is 3.22. The minimum atomic E-state index is -4.92. The zero-order valence-corrected chi connectivity index (χ0v) is 15.0. The molecule has 0 aromatic heterocycles. The zero-order valence-electron chi connectivity index (χ0n) is 14.2. The quantitative estimate of drug-likeness (QED) is 0.453. The normalized spacial score (nSPS) is 10.1. The first-order chi connectivity index (χ1) is 12.3. The van der Waals surface area contributed by atoms with Gasteiger partial charge in [0, 0.05) is 6.07 Å². The second kappa shape index (κ2) is 10.2. The maximum atomic E-state index is 9.07. The molecule has 0 radical (unpaired) electrons. The van der Waals surface area contributed by atoms with Crippen molar-refractivity contribution in [2.75, 3.05) is 13.2 Å². The van der Waals surface area contributed by atoms with Gasteiger partial charge >= 0.3 is 5.69 Å². The van der Waals surface area contributed by atoms with E-state index in [0.717, 1.165) is 0 Å². The standard InChI is InChI=1S/C16H17N2O3.H2O4S/c1-3-19-14-11-16(21-12-8-6-5-7-9-12)15(20-4-2)10-13(14)18-17;1-5(2,3)4/h5-11H,3-4H2,1-2H3;(H2,1,2,3,4)/q+1;/p-1. The van der Waals surface area contributed by atoms with Crippen molar-refractivity contribution >= 4 is 16.1 Å². The fourth-order valence-corrected chi connectivity index (χ4v) is 1.84. The molecular weight excluding hydrogens is 364 g/mol. The Bertz CT molecular complexity index is 841. The highest BCUT2D eigenvalue weighted by Gasteiger charge is 2.22. The van der Waals surface area contributed by atoms with Gasteiger partial charge in [0.25, 0.3) is 0 Å². The summed E-state index contributed by atoms with van der Waals surface area (Å²) < 4.78 is 49.6. The lowest BCUT2D eigenvalue weighted by molar-refractivity contribution is 0.315. The molecule has 0 saturated carbocycles. The number of rotatable bonds is 6. The van der Waals surface area contributed by atoms with Gasteiger partial charge in [-0.1, -0.05) is 18.2 Å². The molecule has 2 aromatic carbocycles. The lowest BCUT2D eigenvalue weighted by Gasteiger charge is -2.12. The van der Waals surface area contributed by atoms with Crippen LogP contribution >= 0.6 is 0 Å². The molecule has 0 atom stereocenters. The van der Waals surface area contributed by atoms with E-state index < -0.39 is 10.4 Å². The summed E-state index contributed by atoms with van der Waals surface area (Å²) in [5, 5.41) is 9.07. The molecule has 0 saturated heterocycles. The number of para-hydroxylation sites is 1. The Morgan fingerprint density at radius 2 is 1.58 bits per heavy atom. The smallest absolute Gasteiger partial charge is 0.430 e. The van der Waals surface area contributed by atoms with Gasteiger partial charge in [-0.15, -0.1) is 0 Å². The molecule has 0 aliphatic carbocycles. The summed E-state index contributed by atoms with van der Waals surface area (Å²) in [6.45, 7) is 4.67. The van der Waals surface area contributed by atoms with Gasteiger partial charge in [0.1, 0.15) is 5.75 Å². The van der Waals surface area contributed by atoms with Gasteiger partial charge in [-0.05, 0) is 26.0 Å². The number of hydrogen-bond acceptors (Lipinski definition) is 7. The Morgan fingerprint density at radius 1 is 1.04 bits per heavy atom. The van der Waals surface area contributed by atoms with Crippen molar-refractivity contribution in [3.8, 4) is 23.0 Å². The summed E-state index contributed by atoms with van der Waals surface area (Å²) in [6.07, 6.45) is 0. The van der Waals surface area contributed by atoms with Gasteiger partial charge in [-0.2, -0.15) is 0 Å². The van der Waals surface area contributed by atoms with Crippen molar-refractivity contribution in [2.45, 2.75) is 13.8 Å². The molecule has 10 heteroatoms. The molecule has 2 rings (SSSR count). The molecular formula is C16H18N2O7S. The third kappa shape index (κ3) is 7.80. The van der Waals surface area contributed by atoms with Crippen LogP contribution in [0.15, 0.2) is 42.5 Å². The Balaban J connectivity index is 0.000000597. The fourth-order valence-electron chi connectivity index (χ4n) is 1.84. The SMILES string of the molecule is CCOc1cc(Oc2ccccc2)c(OCC)cc1[N+]#N.O=S(=O)([O-])O. The lowest BCUT2D eigenvalue weighted by atomic mass is 10.2. The van der Waals surface area contributed by atoms with E-state index in [0.29, 0.717) is 41.9 Å². The number of nitrogens with zero attached hydrogens (tertiary/aromatic N) is 2. The van der Waals surface area contributed by atoms with Crippen LogP contribution in [0.4, 0.5) is 5.69 Å². The molecule has 26 heavy (non-hydrogen) atoms. The van der Waals surface area contributed by atoms with E-state index in [1.165, 1.54) is 0 Å². The van der Waals surface area contributed by atoms with Crippen LogP contribution in [0.3, 0.4) is 0 Å². The summed E-state index contributed by atoms with van der Waals surface area (Å²) >= 11 is 0. The Kier molecular flexibility index (Phi) is 8.30.